The number of carbonyl (C=O) groups excluding carboxylic acids is 1. The highest BCUT2D eigenvalue weighted by Crippen LogP contribution is 2.26. The fourth-order valence-electron chi connectivity index (χ4n) is 4.91. The van der Waals surface area contributed by atoms with E-state index in [0.29, 0.717) is 17.9 Å². The van der Waals surface area contributed by atoms with Gasteiger partial charge >= 0.3 is 0 Å². The second kappa shape index (κ2) is 12.2. The molecule has 3 fully saturated rings. The highest BCUT2D eigenvalue weighted by atomic mass is 127. The standard InChI is InChI=1S/C21H39N5O.HI/c1-3-11-25-12-9-17(15-25)14-23-21(22-2)24-19-10-13-26(16-19)20(27)18-7-5-4-6-8-18;/h17-19H,3-16H2,1-2H3,(H2,22,23,24);1H. The van der Waals surface area contributed by atoms with Crippen LogP contribution in [0.15, 0.2) is 4.99 Å². The van der Waals surface area contributed by atoms with E-state index in [0.717, 1.165) is 44.9 Å². The minimum Gasteiger partial charge on any atom is -0.356 e. The van der Waals surface area contributed by atoms with E-state index in [4.69, 9.17) is 0 Å². The Morgan fingerprint density at radius 3 is 2.57 bits per heavy atom. The number of likely N-dealkylation sites (tertiary alicyclic amines) is 2. The summed E-state index contributed by atoms with van der Waals surface area (Å²) >= 11 is 0. The molecule has 0 aromatic rings. The van der Waals surface area contributed by atoms with Gasteiger partial charge in [0.15, 0.2) is 5.96 Å². The van der Waals surface area contributed by atoms with Crippen LogP contribution in [0, 0.1) is 11.8 Å². The largest absolute Gasteiger partial charge is 0.356 e. The van der Waals surface area contributed by atoms with Crippen LogP contribution in [0.5, 0.6) is 0 Å². The molecule has 0 aromatic heterocycles. The van der Waals surface area contributed by atoms with Gasteiger partial charge in [-0.25, -0.2) is 0 Å². The molecule has 3 rings (SSSR count). The van der Waals surface area contributed by atoms with Crippen LogP contribution in [-0.2, 0) is 4.79 Å². The normalized spacial score (nSPS) is 26.9. The predicted octanol–water partition coefficient (Wildman–Crippen LogP) is 2.68. The van der Waals surface area contributed by atoms with Gasteiger partial charge in [-0.05, 0) is 51.1 Å². The third kappa shape index (κ3) is 6.75. The molecule has 7 heteroatoms. The molecule has 0 spiro atoms. The van der Waals surface area contributed by atoms with Crippen molar-refractivity contribution in [3.05, 3.63) is 0 Å². The summed E-state index contributed by atoms with van der Waals surface area (Å²) in [5.41, 5.74) is 0. The molecule has 1 aliphatic carbocycles. The summed E-state index contributed by atoms with van der Waals surface area (Å²) < 4.78 is 0. The fraction of sp³-hybridized carbons (Fsp3) is 0.905. The molecule has 1 saturated carbocycles. The molecule has 28 heavy (non-hydrogen) atoms. The second-order valence-corrected chi connectivity index (χ2v) is 8.66. The number of guanidine groups is 1. The minimum atomic E-state index is 0. The lowest BCUT2D eigenvalue weighted by Crippen LogP contribution is -2.46. The van der Waals surface area contributed by atoms with E-state index in [2.05, 4.69) is 32.3 Å². The summed E-state index contributed by atoms with van der Waals surface area (Å²) in [6.07, 6.45) is 9.46. The van der Waals surface area contributed by atoms with E-state index in [1.165, 1.54) is 51.7 Å². The third-order valence-electron chi connectivity index (χ3n) is 6.49. The minimum absolute atomic E-state index is 0. The van der Waals surface area contributed by atoms with Gasteiger partial charge in [0.05, 0.1) is 0 Å². The first-order chi connectivity index (χ1) is 13.2. The van der Waals surface area contributed by atoms with Gasteiger partial charge in [-0.2, -0.15) is 0 Å². The van der Waals surface area contributed by atoms with Crippen molar-refractivity contribution in [3.8, 4) is 0 Å². The first-order valence-electron chi connectivity index (χ1n) is 11.2. The number of hydrogen-bond donors (Lipinski definition) is 2. The van der Waals surface area contributed by atoms with Crippen LogP contribution in [0.3, 0.4) is 0 Å². The van der Waals surface area contributed by atoms with Crippen LogP contribution < -0.4 is 10.6 Å². The van der Waals surface area contributed by atoms with Crippen molar-refractivity contribution in [2.24, 2.45) is 16.8 Å². The maximum absolute atomic E-state index is 12.7. The molecule has 2 unspecified atom stereocenters. The van der Waals surface area contributed by atoms with E-state index >= 15 is 0 Å². The monoisotopic (exact) mass is 505 g/mol. The number of nitrogens with zero attached hydrogens (tertiary/aromatic N) is 3. The van der Waals surface area contributed by atoms with E-state index in [9.17, 15) is 4.79 Å². The van der Waals surface area contributed by atoms with E-state index < -0.39 is 0 Å². The van der Waals surface area contributed by atoms with Crippen LogP contribution in [0.25, 0.3) is 0 Å². The maximum Gasteiger partial charge on any atom is 0.225 e. The topological polar surface area (TPSA) is 60.0 Å². The summed E-state index contributed by atoms with van der Waals surface area (Å²) in [6.45, 7) is 8.59. The number of aliphatic imine (C=N–C) groups is 1. The summed E-state index contributed by atoms with van der Waals surface area (Å²) in [6, 6.07) is 0.323. The molecule has 6 nitrogen and oxygen atoms in total. The van der Waals surface area contributed by atoms with Crippen molar-refractivity contribution in [1.82, 2.24) is 20.4 Å². The Balaban J connectivity index is 0.00000280. The molecule has 2 aliphatic heterocycles. The molecule has 0 radical (unpaired) electrons. The maximum atomic E-state index is 12.7. The van der Waals surface area contributed by atoms with Gasteiger partial charge in [-0.3, -0.25) is 9.79 Å². The SMILES string of the molecule is CCCN1CCC(CNC(=NC)NC2CCN(C(=O)C3CCCCC3)C2)C1.I. The average molecular weight is 505 g/mol. The number of nitrogens with one attached hydrogen (secondary N) is 2. The summed E-state index contributed by atoms with van der Waals surface area (Å²) in [5, 5.41) is 7.06. The smallest absolute Gasteiger partial charge is 0.225 e. The van der Waals surface area contributed by atoms with Gasteiger partial charge in [-0.1, -0.05) is 26.2 Å². The quantitative estimate of drug-likeness (QED) is 0.331. The molecule has 1 amide bonds. The van der Waals surface area contributed by atoms with Crippen molar-refractivity contribution in [3.63, 3.8) is 0 Å². The average Bonchev–Trinajstić information content (AvgIpc) is 3.35. The zero-order chi connectivity index (χ0) is 19.1. The summed E-state index contributed by atoms with van der Waals surface area (Å²) in [5.74, 6) is 2.27. The molecule has 2 N–H and O–H groups in total. The number of hydrogen-bond acceptors (Lipinski definition) is 3. The van der Waals surface area contributed by atoms with Crippen LogP contribution in [0.2, 0.25) is 0 Å². The van der Waals surface area contributed by atoms with E-state index in [-0.39, 0.29) is 29.9 Å². The van der Waals surface area contributed by atoms with Gasteiger partial charge in [-0.15, -0.1) is 24.0 Å². The summed E-state index contributed by atoms with van der Waals surface area (Å²) in [7, 11) is 1.84. The Bertz CT molecular complexity index is 509. The second-order valence-electron chi connectivity index (χ2n) is 8.66. The number of amides is 1. The van der Waals surface area contributed by atoms with Crippen molar-refractivity contribution >= 4 is 35.8 Å². The molecular weight excluding hydrogens is 465 g/mol. The molecule has 162 valence electrons. The number of carbonyl (C=O) groups is 1. The van der Waals surface area contributed by atoms with Crippen molar-refractivity contribution in [2.75, 3.05) is 46.3 Å². The van der Waals surface area contributed by atoms with E-state index in [1.54, 1.807) is 0 Å². The highest BCUT2D eigenvalue weighted by Gasteiger charge is 2.32. The Hall–Kier alpha value is -0.570. The van der Waals surface area contributed by atoms with E-state index in [1.807, 2.05) is 7.05 Å². The van der Waals surface area contributed by atoms with Gasteiger partial charge in [0.1, 0.15) is 0 Å². The first-order valence-corrected chi connectivity index (χ1v) is 11.2. The Morgan fingerprint density at radius 2 is 1.86 bits per heavy atom. The van der Waals surface area contributed by atoms with Gasteiger partial charge in [0, 0.05) is 45.2 Å². The molecule has 2 heterocycles. The van der Waals surface area contributed by atoms with Gasteiger partial charge in [0.2, 0.25) is 5.91 Å². The van der Waals surface area contributed by atoms with Crippen LogP contribution in [0.1, 0.15) is 58.3 Å². The molecular formula is C21H40IN5O. The fourth-order valence-corrected chi connectivity index (χ4v) is 4.91. The lowest BCUT2D eigenvalue weighted by atomic mass is 9.88. The van der Waals surface area contributed by atoms with Crippen LogP contribution in [-0.4, -0.2) is 74.0 Å². The molecule has 0 bridgehead atoms. The Kier molecular flexibility index (Phi) is 10.3. The Morgan fingerprint density at radius 1 is 1.07 bits per heavy atom. The molecule has 0 aromatic carbocycles. The molecule has 2 atom stereocenters. The zero-order valence-electron chi connectivity index (χ0n) is 17.8. The number of halogens is 1. The van der Waals surface area contributed by atoms with Gasteiger partial charge in [0.25, 0.3) is 0 Å². The van der Waals surface area contributed by atoms with Crippen LogP contribution >= 0.6 is 24.0 Å². The van der Waals surface area contributed by atoms with Crippen molar-refractivity contribution in [1.29, 1.82) is 0 Å². The van der Waals surface area contributed by atoms with Crippen molar-refractivity contribution < 1.29 is 4.79 Å². The lowest BCUT2D eigenvalue weighted by Gasteiger charge is -2.26. The highest BCUT2D eigenvalue weighted by molar-refractivity contribution is 14.0. The Labute approximate surface area is 188 Å². The predicted molar refractivity (Wildman–Crippen MR) is 126 cm³/mol. The third-order valence-corrected chi connectivity index (χ3v) is 6.49. The zero-order valence-corrected chi connectivity index (χ0v) is 20.1. The van der Waals surface area contributed by atoms with Crippen LogP contribution in [0.4, 0.5) is 0 Å². The summed E-state index contributed by atoms with van der Waals surface area (Å²) in [4.78, 5) is 21.8. The number of rotatable bonds is 6. The first kappa shape index (κ1) is 23.7. The van der Waals surface area contributed by atoms with Crippen molar-refractivity contribution in [2.45, 2.75) is 64.3 Å². The lowest BCUT2D eigenvalue weighted by molar-refractivity contribution is -0.135. The van der Waals surface area contributed by atoms with Gasteiger partial charge < -0.3 is 20.4 Å². The molecule has 2 saturated heterocycles. The molecule has 3 aliphatic rings.